The summed E-state index contributed by atoms with van der Waals surface area (Å²) < 4.78 is 16.6. The number of fused-ring (bicyclic) bond motifs is 1. The highest BCUT2D eigenvalue weighted by molar-refractivity contribution is 7.17. The van der Waals surface area contributed by atoms with Crippen LogP contribution in [0.1, 0.15) is 64.2 Å². The number of rotatable bonds is 9. The van der Waals surface area contributed by atoms with E-state index in [0.717, 1.165) is 41.7 Å². The highest BCUT2D eigenvalue weighted by Gasteiger charge is 2.28. The van der Waals surface area contributed by atoms with Gasteiger partial charge in [0.15, 0.2) is 11.5 Å². The molecule has 3 aromatic rings. The number of benzene rings is 2. The van der Waals surface area contributed by atoms with E-state index in [0.29, 0.717) is 39.9 Å². The number of hydrogen-bond acceptors (Lipinski definition) is 8. The van der Waals surface area contributed by atoms with Crippen molar-refractivity contribution in [2.24, 2.45) is 5.10 Å². The Labute approximate surface area is 237 Å². The van der Waals surface area contributed by atoms with Gasteiger partial charge in [-0.1, -0.05) is 29.8 Å². The van der Waals surface area contributed by atoms with Crippen LogP contribution in [-0.2, 0) is 33.8 Å². The standard InChI is InChI=1S/C30H33N3O6S/c1-5-38-30(36)26-22-8-6-7-9-25(22)40-29(26)31-27(34)28(35)33-32-19(3)21-14-15-23(24(16-21)37-4)39-17-20-12-10-18(2)11-13-20/h10-16H,5-9,17H2,1-4H3,(H,31,34)(H,33,35). The van der Waals surface area contributed by atoms with Gasteiger partial charge in [-0.15, -0.1) is 11.3 Å². The number of thiophene rings is 1. The van der Waals surface area contributed by atoms with E-state index in [4.69, 9.17) is 14.2 Å². The molecule has 2 N–H and O–H groups in total. The van der Waals surface area contributed by atoms with Crippen molar-refractivity contribution in [3.63, 3.8) is 0 Å². The number of carbonyl (C=O) groups excluding carboxylic acids is 3. The first-order valence-corrected chi connectivity index (χ1v) is 14.0. The number of aryl methyl sites for hydroxylation is 2. The second-order valence-electron chi connectivity index (χ2n) is 9.37. The van der Waals surface area contributed by atoms with Crippen LogP contribution in [0.2, 0.25) is 0 Å². The van der Waals surface area contributed by atoms with E-state index in [1.54, 1.807) is 39.2 Å². The summed E-state index contributed by atoms with van der Waals surface area (Å²) in [5.74, 6) is -1.29. The Morgan fingerprint density at radius 2 is 1.75 bits per heavy atom. The number of nitrogens with one attached hydrogen (secondary N) is 2. The number of hydrazone groups is 1. The van der Waals surface area contributed by atoms with E-state index in [1.165, 1.54) is 16.9 Å². The molecule has 210 valence electrons. The summed E-state index contributed by atoms with van der Waals surface area (Å²) in [5, 5.41) is 7.01. The SMILES string of the molecule is CCOC(=O)c1c(NC(=O)C(=O)NN=C(C)c2ccc(OCc3ccc(C)cc3)c(OC)c2)sc2c1CCCC2. The first-order chi connectivity index (χ1) is 19.3. The first kappa shape index (κ1) is 28.8. The zero-order valence-corrected chi connectivity index (χ0v) is 23.9. The maximum Gasteiger partial charge on any atom is 0.341 e. The first-order valence-electron chi connectivity index (χ1n) is 13.1. The van der Waals surface area contributed by atoms with Crippen molar-refractivity contribution in [3.05, 3.63) is 75.2 Å². The Morgan fingerprint density at radius 3 is 2.48 bits per heavy atom. The molecule has 0 unspecified atom stereocenters. The lowest BCUT2D eigenvalue weighted by molar-refractivity contribution is -0.136. The molecule has 0 saturated carbocycles. The van der Waals surface area contributed by atoms with E-state index >= 15 is 0 Å². The second kappa shape index (κ2) is 13.3. The highest BCUT2D eigenvalue weighted by atomic mass is 32.1. The third kappa shape index (κ3) is 6.87. The van der Waals surface area contributed by atoms with Gasteiger partial charge in [0.25, 0.3) is 0 Å². The topological polar surface area (TPSA) is 115 Å². The molecule has 0 atom stereocenters. The predicted octanol–water partition coefficient (Wildman–Crippen LogP) is 5.18. The average molecular weight is 564 g/mol. The molecule has 0 spiro atoms. The Balaban J connectivity index is 1.41. The number of hydrogen-bond donors (Lipinski definition) is 2. The van der Waals surface area contributed by atoms with Crippen molar-refractivity contribution in [1.82, 2.24) is 5.43 Å². The molecule has 1 heterocycles. The zero-order valence-electron chi connectivity index (χ0n) is 23.1. The van der Waals surface area contributed by atoms with Crippen LogP contribution in [0.15, 0.2) is 47.6 Å². The van der Waals surface area contributed by atoms with E-state index in [9.17, 15) is 14.4 Å². The Bertz CT molecular complexity index is 1430. The molecule has 2 amide bonds. The molecule has 1 aliphatic rings. The van der Waals surface area contributed by atoms with Gasteiger partial charge >= 0.3 is 17.8 Å². The monoisotopic (exact) mass is 563 g/mol. The fourth-order valence-corrected chi connectivity index (χ4v) is 5.61. The summed E-state index contributed by atoms with van der Waals surface area (Å²) in [5.41, 5.74) is 6.89. The second-order valence-corrected chi connectivity index (χ2v) is 10.5. The maximum atomic E-state index is 12.7. The van der Waals surface area contributed by atoms with E-state index in [-0.39, 0.29) is 6.61 Å². The summed E-state index contributed by atoms with van der Waals surface area (Å²) in [6, 6.07) is 13.4. The molecular formula is C30H33N3O6S. The van der Waals surface area contributed by atoms with E-state index in [1.807, 2.05) is 31.2 Å². The molecule has 0 aliphatic heterocycles. The number of carbonyl (C=O) groups is 3. The van der Waals surface area contributed by atoms with E-state index < -0.39 is 17.8 Å². The van der Waals surface area contributed by atoms with E-state index in [2.05, 4.69) is 15.8 Å². The number of anilines is 1. The van der Waals surface area contributed by atoms with Crippen molar-refractivity contribution in [1.29, 1.82) is 0 Å². The molecule has 10 heteroatoms. The molecule has 0 saturated heterocycles. The largest absolute Gasteiger partial charge is 0.493 e. The van der Waals surface area contributed by atoms with Crippen molar-refractivity contribution in [2.45, 2.75) is 53.1 Å². The molecule has 9 nitrogen and oxygen atoms in total. The van der Waals surface area contributed by atoms with Gasteiger partial charge in [0.05, 0.1) is 25.0 Å². The molecular weight excluding hydrogens is 530 g/mol. The van der Waals surface area contributed by atoms with Crippen LogP contribution < -0.4 is 20.2 Å². The van der Waals surface area contributed by atoms with Crippen LogP contribution in [0.25, 0.3) is 0 Å². The van der Waals surface area contributed by atoms with Crippen LogP contribution in [-0.4, -0.2) is 37.2 Å². The summed E-state index contributed by atoms with van der Waals surface area (Å²) in [6.45, 7) is 6.06. The van der Waals surface area contributed by atoms with Gasteiger partial charge in [-0.25, -0.2) is 10.2 Å². The summed E-state index contributed by atoms with van der Waals surface area (Å²) in [7, 11) is 1.55. The summed E-state index contributed by atoms with van der Waals surface area (Å²) >= 11 is 1.32. The quantitative estimate of drug-likeness (QED) is 0.161. The predicted molar refractivity (Wildman–Crippen MR) is 154 cm³/mol. The summed E-state index contributed by atoms with van der Waals surface area (Å²) in [6.07, 6.45) is 3.55. The minimum absolute atomic E-state index is 0.218. The lowest BCUT2D eigenvalue weighted by Gasteiger charge is -2.13. The normalized spacial score (nSPS) is 12.8. The van der Waals surface area contributed by atoms with Gasteiger partial charge < -0.3 is 19.5 Å². The molecule has 2 aromatic carbocycles. The zero-order chi connectivity index (χ0) is 28.6. The van der Waals surface area contributed by atoms with Crippen LogP contribution in [0, 0.1) is 6.92 Å². The lowest BCUT2D eigenvalue weighted by Crippen LogP contribution is -2.33. The van der Waals surface area contributed by atoms with Crippen molar-refractivity contribution in [3.8, 4) is 11.5 Å². The Hall–Kier alpha value is -4.18. The van der Waals surface area contributed by atoms with Gasteiger partial charge in [-0.2, -0.15) is 5.10 Å². The van der Waals surface area contributed by atoms with Gasteiger partial charge in [0, 0.05) is 10.4 Å². The van der Waals surface area contributed by atoms with Crippen LogP contribution in [0.4, 0.5) is 5.00 Å². The molecule has 1 aliphatic carbocycles. The molecule has 40 heavy (non-hydrogen) atoms. The van der Waals surface area contributed by atoms with Gasteiger partial charge in [0.1, 0.15) is 11.6 Å². The van der Waals surface area contributed by atoms with Gasteiger partial charge in [0.2, 0.25) is 0 Å². The minimum Gasteiger partial charge on any atom is -0.493 e. The average Bonchev–Trinajstić information content (AvgIpc) is 3.33. The van der Waals surface area contributed by atoms with Crippen molar-refractivity contribution in [2.75, 3.05) is 19.0 Å². The number of methoxy groups -OCH3 is 1. The molecule has 0 radical (unpaired) electrons. The molecule has 0 fully saturated rings. The molecule has 1 aromatic heterocycles. The van der Waals surface area contributed by atoms with Crippen molar-refractivity contribution < 1.29 is 28.6 Å². The third-order valence-corrected chi connectivity index (χ3v) is 7.71. The molecule has 0 bridgehead atoms. The number of nitrogens with zero attached hydrogens (tertiary/aromatic N) is 1. The maximum absolute atomic E-state index is 12.7. The third-order valence-electron chi connectivity index (χ3n) is 6.51. The van der Waals surface area contributed by atoms with Gasteiger partial charge in [-0.3, -0.25) is 9.59 Å². The minimum atomic E-state index is -0.953. The lowest BCUT2D eigenvalue weighted by atomic mass is 9.95. The van der Waals surface area contributed by atoms with Crippen molar-refractivity contribution >= 4 is 39.8 Å². The highest BCUT2D eigenvalue weighted by Crippen LogP contribution is 2.38. The number of amides is 2. The molecule has 4 rings (SSSR count). The fourth-order valence-electron chi connectivity index (χ4n) is 4.34. The number of ether oxygens (including phenoxy) is 3. The van der Waals surface area contributed by atoms with Crippen LogP contribution >= 0.6 is 11.3 Å². The fraction of sp³-hybridized carbons (Fsp3) is 0.333. The Kier molecular flexibility index (Phi) is 9.55. The van der Waals surface area contributed by atoms with Crippen LogP contribution in [0.5, 0.6) is 11.5 Å². The smallest absolute Gasteiger partial charge is 0.341 e. The van der Waals surface area contributed by atoms with Gasteiger partial charge in [-0.05, 0) is 75.8 Å². The Morgan fingerprint density at radius 1 is 1.00 bits per heavy atom. The van der Waals surface area contributed by atoms with Crippen LogP contribution in [0.3, 0.4) is 0 Å². The summed E-state index contributed by atoms with van der Waals surface area (Å²) in [4.78, 5) is 38.9. The number of esters is 1.